The molecule has 1 aliphatic heterocycles. The van der Waals surface area contributed by atoms with Gasteiger partial charge in [0.05, 0.1) is 0 Å². The number of nitrogens with zero attached hydrogens (tertiary/aromatic N) is 2. The van der Waals surface area contributed by atoms with Gasteiger partial charge in [0.25, 0.3) is 10.0 Å². The van der Waals surface area contributed by atoms with Gasteiger partial charge in [0, 0.05) is 19.7 Å². The Bertz CT molecular complexity index is 545. The van der Waals surface area contributed by atoms with Crippen LogP contribution in [0.25, 0.3) is 0 Å². The lowest BCUT2D eigenvalue weighted by atomic mass is 10.1. The summed E-state index contributed by atoms with van der Waals surface area (Å²) in [6.07, 6.45) is 0. The van der Waals surface area contributed by atoms with Crippen LogP contribution in [0.2, 0.25) is 0 Å². The minimum absolute atomic E-state index is 0.303. The number of benzene rings is 1. The number of amidine groups is 1. The predicted octanol–water partition coefficient (Wildman–Crippen LogP) is 1.01. The number of hydrogen-bond acceptors (Lipinski definition) is 3. The lowest BCUT2D eigenvalue weighted by molar-refractivity contribution is 0.597. The third-order valence-corrected chi connectivity index (χ3v) is 3.61. The number of aryl methyl sites for hydroxylation is 1. The second kappa shape index (κ2) is 3.06. The molecule has 2 rings (SSSR count). The molecular weight excluding hydrogens is 212 g/mol. The van der Waals surface area contributed by atoms with E-state index < -0.39 is 10.0 Å². The molecule has 0 N–H and O–H groups in total. The molecule has 0 amide bonds. The summed E-state index contributed by atoms with van der Waals surface area (Å²) in [7, 11) is 0.0968. The van der Waals surface area contributed by atoms with Crippen molar-refractivity contribution >= 4 is 15.9 Å². The number of fused-ring (bicyclic) bond motifs is 1. The van der Waals surface area contributed by atoms with Crippen molar-refractivity contribution in [2.45, 2.75) is 11.8 Å². The molecular formula is C10H12N2O2S. The smallest absolute Gasteiger partial charge is 0.285 e. The fourth-order valence-corrected chi connectivity index (χ4v) is 2.83. The lowest BCUT2D eigenvalue weighted by Crippen LogP contribution is -2.21. The first-order valence-electron chi connectivity index (χ1n) is 4.55. The zero-order valence-electron chi connectivity index (χ0n) is 8.85. The van der Waals surface area contributed by atoms with E-state index in [2.05, 4.69) is 4.40 Å². The Morgan fingerprint density at radius 3 is 2.53 bits per heavy atom. The maximum atomic E-state index is 11.7. The summed E-state index contributed by atoms with van der Waals surface area (Å²) in [5, 5.41) is 0. The van der Waals surface area contributed by atoms with Crippen LogP contribution in [-0.2, 0) is 10.0 Å². The molecule has 0 spiro atoms. The Morgan fingerprint density at radius 1 is 1.27 bits per heavy atom. The normalized spacial score (nSPS) is 17.1. The van der Waals surface area contributed by atoms with Crippen molar-refractivity contribution in [3.8, 4) is 0 Å². The average molecular weight is 224 g/mol. The third kappa shape index (κ3) is 1.52. The van der Waals surface area contributed by atoms with Crippen molar-refractivity contribution in [3.05, 3.63) is 29.3 Å². The van der Waals surface area contributed by atoms with E-state index in [1.165, 1.54) is 0 Å². The molecule has 1 aromatic rings. The number of rotatable bonds is 0. The number of hydrogen-bond donors (Lipinski definition) is 0. The molecule has 0 fully saturated rings. The van der Waals surface area contributed by atoms with E-state index in [0.717, 1.165) is 5.56 Å². The first kappa shape index (κ1) is 10.2. The zero-order chi connectivity index (χ0) is 11.2. The van der Waals surface area contributed by atoms with E-state index in [-0.39, 0.29) is 0 Å². The van der Waals surface area contributed by atoms with Crippen LogP contribution < -0.4 is 0 Å². The Morgan fingerprint density at radius 2 is 1.93 bits per heavy atom. The molecule has 0 aliphatic carbocycles. The minimum atomic E-state index is -3.47. The molecule has 0 bridgehead atoms. The summed E-state index contributed by atoms with van der Waals surface area (Å²) in [5.74, 6) is 0.508. The second-order valence-electron chi connectivity index (χ2n) is 3.78. The molecule has 80 valence electrons. The van der Waals surface area contributed by atoms with Gasteiger partial charge in [-0.25, -0.2) is 0 Å². The molecule has 1 aliphatic rings. The summed E-state index contributed by atoms with van der Waals surface area (Å²) in [6.45, 7) is 1.93. The largest absolute Gasteiger partial charge is 0.362 e. The summed E-state index contributed by atoms with van der Waals surface area (Å²) >= 11 is 0. The fourth-order valence-electron chi connectivity index (χ4n) is 1.58. The highest BCUT2D eigenvalue weighted by Crippen LogP contribution is 2.27. The summed E-state index contributed by atoms with van der Waals surface area (Å²) in [5.41, 5.74) is 1.72. The van der Waals surface area contributed by atoms with Crippen LogP contribution in [0.1, 0.15) is 11.1 Å². The monoisotopic (exact) mass is 224 g/mol. The lowest BCUT2D eigenvalue weighted by Gasteiger charge is -2.11. The molecule has 0 atom stereocenters. The van der Waals surface area contributed by atoms with E-state index in [1.807, 2.05) is 13.0 Å². The van der Waals surface area contributed by atoms with Gasteiger partial charge >= 0.3 is 0 Å². The Labute approximate surface area is 89.3 Å². The van der Waals surface area contributed by atoms with Gasteiger partial charge in [0.15, 0.2) is 0 Å². The van der Waals surface area contributed by atoms with Gasteiger partial charge in [-0.2, -0.15) is 8.42 Å². The summed E-state index contributed by atoms with van der Waals surface area (Å²) in [4.78, 5) is 2.01. The fraction of sp³-hybridized carbons (Fsp3) is 0.300. The molecule has 0 saturated heterocycles. The summed E-state index contributed by atoms with van der Waals surface area (Å²) < 4.78 is 27.1. The van der Waals surface area contributed by atoms with Crippen LogP contribution in [0.15, 0.2) is 27.5 Å². The molecule has 0 aromatic heterocycles. The highest BCUT2D eigenvalue weighted by atomic mass is 32.2. The van der Waals surface area contributed by atoms with Gasteiger partial charge in [0.2, 0.25) is 0 Å². The quantitative estimate of drug-likeness (QED) is 0.660. The molecule has 0 radical (unpaired) electrons. The van der Waals surface area contributed by atoms with Crippen molar-refractivity contribution in [3.63, 3.8) is 0 Å². The predicted molar refractivity (Wildman–Crippen MR) is 58.6 cm³/mol. The van der Waals surface area contributed by atoms with Crippen molar-refractivity contribution in [2.24, 2.45) is 4.40 Å². The molecule has 0 saturated carbocycles. The standard InChI is InChI=1S/C10H12N2O2S/c1-7-4-5-9-8(6-7)10(12(2)3)11-15(9,13)14/h4-6H,1-3H3. The SMILES string of the molecule is Cc1ccc2c(c1)C(N(C)C)=NS2(=O)=O. The first-order chi connectivity index (χ1) is 6.92. The summed E-state index contributed by atoms with van der Waals surface area (Å²) in [6, 6.07) is 5.24. The topological polar surface area (TPSA) is 49.7 Å². The van der Waals surface area contributed by atoms with E-state index in [4.69, 9.17) is 0 Å². The van der Waals surface area contributed by atoms with Gasteiger partial charge in [-0.1, -0.05) is 11.6 Å². The van der Waals surface area contributed by atoms with Crippen molar-refractivity contribution < 1.29 is 8.42 Å². The molecule has 0 unspecified atom stereocenters. The van der Waals surface area contributed by atoms with E-state index >= 15 is 0 Å². The van der Waals surface area contributed by atoms with Crippen molar-refractivity contribution in [1.82, 2.24) is 4.90 Å². The van der Waals surface area contributed by atoms with Crippen LogP contribution in [0.5, 0.6) is 0 Å². The maximum absolute atomic E-state index is 11.7. The molecule has 1 heterocycles. The van der Waals surface area contributed by atoms with E-state index in [9.17, 15) is 8.42 Å². The van der Waals surface area contributed by atoms with Gasteiger partial charge in [-0.05, 0) is 19.1 Å². The Kier molecular flexibility index (Phi) is 2.08. The minimum Gasteiger partial charge on any atom is -0.362 e. The Hall–Kier alpha value is -1.36. The molecule has 4 nitrogen and oxygen atoms in total. The second-order valence-corrected chi connectivity index (χ2v) is 5.36. The Balaban J connectivity index is 2.74. The number of sulfonamides is 1. The molecule has 15 heavy (non-hydrogen) atoms. The van der Waals surface area contributed by atoms with Crippen molar-refractivity contribution in [2.75, 3.05) is 14.1 Å². The maximum Gasteiger partial charge on any atom is 0.285 e. The molecule has 5 heteroatoms. The van der Waals surface area contributed by atoms with Crippen molar-refractivity contribution in [1.29, 1.82) is 0 Å². The van der Waals surface area contributed by atoms with Crippen LogP contribution in [0.3, 0.4) is 0 Å². The highest BCUT2D eigenvalue weighted by Gasteiger charge is 2.29. The van der Waals surface area contributed by atoms with Gasteiger partial charge in [0.1, 0.15) is 10.7 Å². The van der Waals surface area contributed by atoms with Crippen LogP contribution in [0, 0.1) is 6.92 Å². The highest BCUT2D eigenvalue weighted by molar-refractivity contribution is 7.90. The average Bonchev–Trinajstić information content (AvgIpc) is 2.38. The van der Waals surface area contributed by atoms with E-state index in [1.54, 1.807) is 31.1 Å². The van der Waals surface area contributed by atoms with Crippen LogP contribution in [-0.4, -0.2) is 33.2 Å². The zero-order valence-corrected chi connectivity index (χ0v) is 9.67. The third-order valence-electron chi connectivity index (χ3n) is 2.28. The van der Waals surface area contributed by atoms with Crippen LogP contribution in [0.4, 0.5) is 0 Å². The molecule has 1 aromatic carbocycles. The van der Waals surface area contributed by atoms with Gasteiger partial charge in [-0.15, -0.1) is 4.40 Å². The van der Waals surface area contributed by atoms with Gasteiger partial charge in [-0.3, -0.25) is 0 Å². The van der Waals surface area contributed by atoms with E-state index in [0.29, 0.717) is 16.3 Å². The van der Waals surface area contributed by atoms with Gasteiger partial charge < -0.3 is 4.90 Å². The van der Waals surface area contributed by atoms with Crippen LogP contribution >= 0.6 is 0 Å². The first-order valence-corrected chi connectivity index (χ1v) is 5.99.